The number of aromatic nitrogens is 4. The van der Waals surface area contributed by atoms with Crippen LogP contribution in [0.25, 0.3) is 32.0 Å². The Bertz CT molecular complexity index is 1570. The summed E-state index contributed by atoms with van der Waals surface area (Å²) in [5.74, 6) is 3.38. The van der Waals surface area contributed by atoms with Crippen molar-refractivity contribution >= 4 is 38.0 Å². The lowest BCUT2D eigenvalue weighted by Gasteiger charge is -2.32. The van der Waals surface area contributed by atoms with Crippen LogP contribution in [0.2, 0.25) is 0 Å². The number of nitrogens with one attached hydrogen (secondary N) is 1. The molecule has 8 nitrogen and oxygen atoms in total. The van der Waals surface area contributed by atoms with E-state index in [1.165, 1.54) is 0 Å². The van der Waals surface area contributed by atoms with Gasteiger partial charge in [-0.3, -0.25) is 9.19 Å². The molecular weight excluding hydrogens is 542 g/mol. The summed E-state index contributed by atoms with van der Waals surface area (Å²) < 4.78 is 27.0. The summed E-state index contributed by atoms with van der Waals surface area (Å²) in [6.07, 6.45) is 6.22. The number of ether oxygens (including phenoxy) is 1. The number of aryl methyl sites for hydroxylation is 2. The Balaban J connectivity index is 1.57. The van der Waals surface area contributed by atoms with Gasteiger partial charge in [0.05, 0.1) is 49.6 Å². The first kappa shape index (κ1) is 27.5. The van der Waals surface area contributed by atoms with Crippen molar-refractivity contribution in [1.29, 1.82) is 0 Å². The number of nitrogens with zero attached hydrogens (tertiary/aromatic N) is 4. The van der Waals surface area contributed by atoms with Crippen LogP contribution in [0.1, 0.15) is 70.2 Å². The van der Waals surface area contributed by atoms with Crippen LogP contribution in [0.15, 0.2) is 27.6 Å². The fraction of sp³-hybridized carbons (Fsp3) is 0.533. The molecule has 0 spiro atoms. The minimum atomic E-state index is -1.19. The Morgan fingerprint density at radius 3 is 2.62 bits per heavy atom. The van der Waals surface area contributed by atoms with E-state index in [4.69, 9.17) is 14.1 Å². The molecule has 1 saturated heterocycles. The maximum atomic E-state index is 13.9. The van der Waals surface area contributed by atoms with Crippen molar-refractivity contribution in [3.05, 3.63) is 35.6 Å². The Hall–Kier alpha value is -2.69. The summed E-state index contributed by atoms with van der Waals surface area (Å²) >= 11 is 1.66. The highest BCUT2D eigenvalue weighted by Gasteiger charge is 2.39. The first-order chi connectivity index (χ1) is 19.2. The average Bonchev–Trinajstić information content (AvgIpc) is 3.62. The summed E-state index contributed by atoms with van der Waals surface area (Å²) in [6, 6.07) is 4.20. The Morgan fingerprint density at radius 2 is 1.95 bits per heavy atom. The highest BCUT2D eigenvalue weighted by Crippen LogP contribution is 2.50. The van der Waals surface area contributed by atoms with Crippen LogP contribution < -0.4 is 5.32 Å². The Kier molecular flexibility index (Phi) is 7.52. The van der Waals surface area contributed by atoms with E-state index in [1.54, 1.807) is 18.3 Å². The summed E-state index contributed by atoms with van der Waals surface area (Å²) in [5.41, 5.74) is 3.69. The Labute approximate surface area is 241 Å². The quantitative estimate of drug-likeness (QED) is 0.256. The molecule has 2 aliphatic rings. The van der Waals surface area contributed by atoms with Gasteiger partial charge in [0.2, 0.25) is 11.8 Å². The fourth-order valence-corrected chi connectivity index (χ4v) is 9.56. The molecule has 4 aromatic heterocycles. The monoisotopic (exact) mass is 579 g/mol. The summed E-state index contributed by atoms with van der Waals surface area (Å²) in [7, 11) is 0.699. The topological polar surface area (TPSA) is 103 Å². The van der Waals surface area contributed by atoms with Crippen LogP contribution in [0.4, 0.5) is 5.82 Å². The SMILES string of the molecule is CNc1nccc2cc(-c3c(-c4nnc(C)o4)c(CCC4CC(C)OC(C)C4)nc4c3S(=O)CC4C(C)C)sc12. The van der Waals surface area contributed by atoms with E-state index in [0.29, 0.717) is 29.4 Å². The maximum absolute atomic E-state index is 13.9. The van der Waals surface area contributed by atoms with E-state index in [0.717, 1.165) is 73.9 Å². The van der Waals surface area contributed by atoms with Crippen molar-refractivity contribution in [3.8, 4) is 21.9 Å². The normalized spacial score (nSPS) is 24.6. The van der Waals surface area contributed by atoms with Crippen LogP contribution in [0.5, 0.6) is 0 Å². The molecule has 0 amide bonds. The standard InChI is InChI=1S/C30H37N5O3S2/c1-15(2)21-14-40(36)28-25(23-13-20-9-10-32-29(31-6)27(20)39-23)24(30-35-34-18(5)38-30)22(33-26(21)28)8-7-19-11-16(3)37-17(4)12-19/h9-10,13,15-17,19,21H,7-8,11-12,14H2,1-6H3,(H,31,32). The number of hydrogen-bond donors (Lipinski definition) is 1. The van der Waals surface area contributed by atoms with Gasteiger partial charge in [-0.15, -0.1) is 21.5 Å². The van der Waals surface area contributed by atoms with Crippen molar-refractivity contribution < 1.29 is 13.4 Å². The lowest BCUT2D eigenvalue weighted by Crippen LogP contribution is -2.29. The second-order valence-electron chi connectivity index (χ2n) is 11.6. The summed E-state index contributed by atoms with van der Waals surface area (Å²) in [6.45, 7) is 10.5. The van der Waals surface area contributed by atoms with Crippen molar-refractivity contribution in [1.82, 2.24) is 20.2 Å². The molecule has 0 radical (unpaired) electrons. The molecule has 0 bridgehead atoms. The number of hydrogen-bond acceptors (Lipinski definition) is 9. The van der Waals surface area contributed by atoms with Gasteiger partial charge in [0.15, 0.2) is 0 Å². The number of anilines is 1. The molecule has 0 aliphatic carbocycles. The predicted molar refractivity (Wildman–Crippen MR) is 160 cm³/mol. The highest BCUT2D eigenvalue weighted by molar-refractivity contribution is 7.85. The zero-order valence-electron chi connectivity index (χ0n) is 24.0. The largest absolute Gasteiger partial charge is 0.421 e. The molecule has 2 aliphatic heterocycles. The van der Waals surface area contributed by atoms with Gasteiger partial charge < -0.3 is 14.5 Å². The third kappa shape index (κ3) is 4.99. The van der Waals surface area contributed by atoms with Gasteiger partial charge in [0.1, 0.15) is 5.82 Å². The van der Waals surface area contributed by atoms with Crippen molar-refractivity contribution in [2.75, 3.05) is 18.1 Å². The molecule has 4 aromatic rings. The van der Waals surface area contributed by atoms with Gasteiger partial charge >= 0.3 is 0 Å². The van der Waals surface area contributed by atoms with E-state index in [9.17, 15) is 4.21 Å². The zero-order chi connectivity index (χ0) is 28.1. The predicted octanol–water partition coefficient (Wildman–Crippen LogP) is 6.76. The van der Waals surface area contributed by atoms with Gasteiger partial charge in [-0.2, -0.15) is 0 Å². The van der Waals surface area contributed by atoms with Crippen LogP contribution in [0.3, 0.4) is 0 Å². The third-order valence-corrected chi connectivity index (χ3v) is 10.9. The van der Waals surface area contributed by atoms with Crippen molar-refractivity contribution in [2.45, 2.75) is 83.3 Å². The first-order valence-electron chi connectivity index (χ1n) is 14.2. The molecule has 10 heteroatoms. The molecular formula is C30H37N5O3S2. The first-order valence-corrected chi connectivity index (χ1v) is 16.3. The summed E-state index contributed by atoms with van der Waals surface area (Å²) in [5, 5.41) is 13.0. The van der Waals surface area contributed by atoms with Gasteiger partial charge in [0.25, 0.3) is 0 Å². The van der Waals surface area contributed by atoms with E-state index in [2.05, 4.69) is 54.3 Å². The van der Waals surface area contributed by atoms with Crippen LogP contribution in [0, 0.1) is 18.8 Å². The van der Waals surface area contributed by atoms with E-state index in [1.807, 2.05) is 19.3 Å². The molecule has 6 heterocycles. The van der Waals surface area contributed by atoms with E-state index in [-0.39, 0.29) is 18.1 Å². The van der Waals surface area contributed by atoms with Crippen LogP contribution >= 0.6 is 11.3 Å². The molecule has 212 valence electrons. The van der Waals surface area contributed by atoms with Crippen LogP contribution in [-0.2, 0) is 22.0 Å². The third-order valence-electron chi connectivity index (χ3n) is 8.21. The summed E-state index contributed by atoms with van der Waals surface area (Å²) in [4.78, 5) is 11.7. The minimum absolute atomic E-state index is 0.138. The number of rotatable bonds is 7. The maximum Gasteiger partial charge on any atom is 0.250 e. The molecule has 6 rings (SSSR count). The smallest absolute Gasteiger partial charge is 0.250 e. The second kappa shape index (κ2) is 10.9. The molecule has 40 heavy (non-hydrogen) atoms. The number of pyridine rings is 2. The van der Waals surface area contributed by atoms with Gasteiger partial charge in [0, 0.05) is 42.3 Å². The van der Waals surface area contributed by atoms with E-state index >= 15 is 0 Å². The lowest BCUT2D eigenvalue weighted by molar-refractivity contribution is -0.0533. The van der Waals surface area contributed by atoms with E-state index < -0.39 is 10.8 Å². The molecule has 4 unspecified atom stereocenters. The molecule has 4 atom stereocenters. The fourth-order valence-electron chi connectivity index (χ4n) is 6.38. The van der Waals surface area contributed by atoms with Crippen LogP contribution in [-0.4, -0.2) is 49.4 Å². The molecule has 0 saturated carbocycles. The van der Waals surface area contributed by atoms with Crippen molar-refractivity contribution in [2.24, 2.45) is 11.8 Å². The number of thiophene rings is 1. The van der Waals surface area contributed by atoms with Gasteiger partial charge in [-0.05, 0) is 68.9 Å². The number of fused-ring (bicyclic) bond motifs is 2. The highest BCUT2D eigenvalue weighted by atomic mass is 32.2. The van der Waals surface area contributed by atoms with Gasteiger partial charge in [-0.25, -0.2) is 4.98 Å². The molecule has 1 N–H and O–H groups in total. The second-order valence-corrected chi connectivity index (χ2v) is 14.1. The minimum Gasteiger partial charge on any atom is -0.421 e. The zero-order valence-corrected chi connectivity index (χ0v) is 25.6. The Morgan fingerprint density at radius 1 is 1.18 bits per heavy atom. The van der Waals surface area contributed by atoms with Gasteiger partial charge in [-0.1, -0.05) is 13.8 Å². The average molecular weight is 580 g/mol. The van der Waals surface area contributed by atoms with Crippen molar-refractivity contribution in [3.63, 3.8) is 0 Å². The lowest BCUT2D eigenvalue weighted by atomic mass is 9.86. The molecule has 1 fully saturated rings. The molecule has 0 aromatic carbocycles.